The molecule has 0 aliphatic carbocycles. The van der Waals surface area contributed by atoms with E-state index in [0.29, 0.717) is 21.8 Å². The van der Waals surface area contributed by atoms with Crippen LogP contribution >= 0.6 is 23.2 Å². The van der Waals surface area contributed by atoms with Gasteiger partial charge in [0.15, 0.2) is 5.76 Å². The summed E-state index contributed by atoms with van der Waals surface area (Å²) in [5.74, 6) is -0.656. The highest BCUT2D eigenvalue weighted by molar-refractivity contribution is 6.30. The average molecular weight is 443 g/mol. The maximum Gasteiger partial charge on any atom is 0.176 e. The van der Waals surface area contributed by atoms with Crippen molar-refractivity contribution >= 4 is 23.2 Å². The fourth-order valence-corrected chi connectivity index (χ4v) is 3.65. The van der Waals surface area contributed by atoms with Gasteiger partial charge in [-0.05, 0) is 42.0 Å². The highest BCUT2D eigenvalue weighted by Crippen LogP contribution is 2.40. The summed E-state index contributed by atoms with van der Waals surface area (Å²) in [5.41, 5.74) is 2.51. The molecule has 7 heteroatoms. The molecule has 30 heavy (non-hydrogen) atoms. The van der Waals surface area contributed by atoms with Gasteiger partial charge in [0.25, 0.3) is 0 Å². The molecule has 0 radical (unpaired) electrons. The minimum atomic E-state index is -1.11. The van der Waals surface area contributed by atoms with Crippen molar-refractivity contribution in [1.82, 2.24) is 10.1 Å². The Morgan fingerprint density at radius 2 is 1.73 bits per heavy atom. The number of hydrogen-bond donors (Lipinski definition) is 1. The van der Waals surface area contributed by atoms with Crippen molar-refractivity contribution in [1.29, 1.82) is 0 Å². The molecule has 4 rings (SSSR count). The molecule has 0 saturated heterocycles. The molecule has 0 amide bonds. The number of nitrogens with zero attached hydrogens (tertiary/aromatic N) is 2. The molecule has 152 valence electrons. The normalized spacial score (nSPS) is 13.2. The number of benzene rings is 2. The Balaban J connectivity index is 1.88. The molecule has 0 saturated carbocycles. The standard InChI is InChI=1S/C23H17Cl2FN2O2/c1-13(14-4-6-16(24)7-5-14)21-20(22(29)15-3-2-10-27-12-15)23(30-28-21)18-9-8-17(25)11-19(18)26/h2-13,22,29H,1H3. The van der Waals surface area contributed by atoms with Crippen molar-refractivity contribution in [3.63, 3.8) is 0 Å². The molecule has 2 heterocycles. The third-order valence-corrected chi connectivity index (χ3v) is 5.47. The van der Waals surface area contributed by atoms with E-state index in [4.69, 9.17) is 27.7 Å². The van der Waals surface area contributed by atoms with E-state index in [9.17, 15) is 9.50 Å². The fourth-order valence-electron chi connectivity index (χ4n) is 3.37. The molecule has 0 aliphatic heterocycles. The summed E-state index contributed by atoms with van der Waals surface area (Å²) in [7, 11) is 0. The second-order valence-corrected chi connectivity index (χ2v) is 7.77. The zero-order chi connectivity index (χ0) is 21.3. The van der Waals surface area contributed by atoms with Crippen LogP contribution in [0.1, 0.15) is 41.3 Å². The van der Waals surface area contributed by atoms with Gasteiger partial charge in [0.05, 0.1) is 16.8 Å². The average Bonchev–Trinajstić information content (AvgIpc) is 3.18. The quantitative estimate of drug-likeness (QED) is 0.387. The second-order valence-electron chi connectivity index (χ2n) is 6.90. The van der Waals surface area contributed by atoms with Gasteiger partial charge >= 0.3 is 0 Å². The van der Waals surface area contributed by atoms with Crippen LogP contribution in [0.5, 0.6) is 0 Å². The minimum Gasteiger partial charge on any atom is -0.383 e. The Morgan fingerprint density at radius 1 is 1.00 bits per heavy atom. The van der Waals surface area contributed by atoms with Gasteiger partial charge in [-0.1, -0.05) is 53.5 Å². The van der Waals surface area contributed by atoms with E-state index in [2.05, 4.69) is 10.1 Å². The zero-order valence-corrected chi connectivity index (χ0v) is 17.4. The molecule has 2 unspecified atom stereocenters. The van der Waals surface area contributed by atoms with E-state index in [1.165, 1.54) is 12.1 Å². The van der Waals surface area contributed by atoms with Crippen LogP contribution < -0.4 is 0 Å². The molecular formula is C23H17Cl2FN2O2. The van der Waals surface area contributed by atoms with Crippen molar-refractivity contribution < 1.29 is 14.0 Å². The lowest BCUT2D eigenvalue weighted by Gasteiger charge is -2.16. The molecule has 2 aromatic carbocycles. The van der Waals surface area contributed by atoms with Crippen LogP contribution in [0, 0.1) is 5.82 Å². The van der Waals surface area contributed by atoms with Crippen LogP contribution in [0.3, 0.4) is 0 Å². The second kappa shape index (κ2) is 8.56. The van der Waals surface area contributed by atoms with E-state index >= 15 is 0 Å². The zero-order valence-electron chi connectivity index (χ0n) is 15.9. The Morgan fingerprint density at radius 3 is 2.40 bits per heavy atom. The SMILES string of the molecule is CC(c1ccc(Cl)cc1)c1noc(-c2ccc(Cl)cc2F)c1C(O)c1cccnc1. The summed E-state index contributed by atoms with van der Waals surface area (Å²) >= 11 is 11.9. The van der Waals surface area contributed by atoms with Crippen molar-refractivity contribution in [3.05, 3.63) is 105 Å². The first-order valence-electron chi connectivity index (χ1n) is 9.24. The van der Waals surface area contributed by atoms with E-state index in [1.54, 1.807) is 42.7 Å². The van der Waals surface area contributed by atoms with Crippen molar-refractivity contribution in [2.45, 2.75) is 18.9 Å². The largest absolute Gasteiger partial charge is 0.383 e. The van der Waals surface area contributed by atoms with Crippen molar-refractivity contribution in [3.8, 4) is 11.3 Å². The number of aromatic nitrogens is 2. The highest BCUT2D eigenvalue weighted by atomic mass is 35.5. The predicted molar refractivity (Wildman–Crippen MR) is 114 cm³/mol. The van der Waals surface area contributed by atoms with Gasteiger partial charge in [-0.3, -0.25) is 4.98 Å². The van der Waals surface area contributed by atoms with E-state index in [1.807, 2.05) is 19.1 Å². The topological polar surface area (TPSA) is 59.2 Å². The van der Waals surface area contributed by atoms with Gasteiger partial charge in [0.1, 0.15) is 11.9 Å². The van der Waals surface area contributed by atoms with Crippen molar-refractivity contribution in [2.75, 3.05) is 0 Å². The van der Waals surface area contributed by atoms with Crippen LogP contribution in [0.25, 0.3) is 11.3 Å². The molecule has 0 bridgehead atoms. The van der Waals surface area contributed by atoms with Crippen LogP contribution in [0.4, 0.5) is 4.39 Å². The van der Waals surface area contributed by atoms with E-state index < -0.39 is 11.9 Å². The maximum atomic E-state index is 14.7. The third kappa shape index (κ3) is 3.97. The Bertz CT molecular complexity index is 1160. The van der Waals surface area contributed by atoms with Gasteiger partial charge in [-0.15, -0.1) is 0 Å². The summed E-state index contributed by atoms with van der Waals surface area (Å²) in [6, 6.07) is 15.0. The molecular weight excluding hydrogens is 426 g/mol. The molecule has 4 nitrogen and oxygen atoms in total. The first kappa shape index (κ1) is 20.5. The van der Waals surface area contributed by atoms with Crippen LogP contribution in [0.2, 0.25) is 10.0 Å². The Labute approximate surface area is 182 Å². The molecule has 1 N–H and O–H groups in total. The number of aliphatic hydroxyl groups is 1. The lowest BCUT2D eigenvalue weighted by molar-refractivity contribution is 0.218. The molecule has 0 aliphatic rings. The minimum absolute atomic E-state index is 0.149. The number of rotatable bonds is 5. The van der Waals surface area contributed by atoms with Gasteiger partial charge in [0, 0.05) is 33.9 Å². The molecule has 0 fully saturated rings. The van der Waals surface area contributed by atoms with Gasteiger partial charge < -0.3 is 9.63 Å². The maximum absolute atomic E-state index is 14.7. The molecule has 4 aromatic rings. The van der Waals surface area contributed by atoms with Crippen molar-refractivity contribution in [2.24, 2.45) is 0 Å². The van der Waals surface area contributed by atoms with Gasteiger partial charge in [-0.2, -0.15) is 0 Å². The van der Waals surface area contributed by atoms with Crippen LogP contribution in [-0.4, -0.2) is 15.2 Å². The smallest absolute Gasteiger partial charge is 0.176 e. The number of pyridine rings is 1. The molecule has 0 spiro atoms. The fraction of sp³-hybridized carbons (Fsp3) is 0.130. The van der Waals surface area contributed by atoms with Gasteiger partial charge in [-0.25, -0.2) is 4.39 Å². The third-order valence-electron chi connectivity index (χ3n) is 4.99. The summed E-state index contributed by atoms with van der Waals surface area (Å²) in [4.78, 5) is 4.07. The predicted octanol–water partition coefficient (Wildman–Crippen LogP) is 6.42. The Hall–Kier alpha value is -2.73. The summed E-state index contributed by atoms with van der Waals surface area (Å²) < 4.78 is 20.3. The lowest BCUT2D eigenvalue weighted by Crippen LogP contribution is -2.07. The number of halogens is 3. The molecule has 2 atom stereocenters. The monoisotopic (exact) mass is 442 g/mol. The molecule has 2 aromatic heterocycles. The van der Waals surface area contributed by atoms with E-state index in [-0.39, 0.29) is 22.3 Å². The first-order valence-corrected chi connectivity index (χ1v) is 9.99. The Kier molecular flexibility index (Phi) is 5.86. The van der Waals surface area contributed by atoms with Crippen LogP contribution in [-0.2, 0) is 0 Å². The summed E-state index contributed by atoms with van der Waals surface area (Å²) in [6.45, 7) is 1.93. The lowest BCUT2D eigenvalue weighted by atomic mass is 9.89. The summed E-state index contributed by atoms with van der Waals surface area (Å²) in [6.07, 6.45) is 2.05. The first-order chi connectivity index (χ1) is 14.5. The van der Waals surface area contributed by atoms with E-state index in [0.717, 1.165) is 5.56 Å². The highest BCUT2D eigenvalue weighted by Gasteiger charge is 2.30. The summed E-state index contributed by atoms with van der Waals surface area (Å²) in [5, 5.41) is 16.3. The van der Waals surface area contributed by atoms with Crippen LogP contribution in [0.15, 0.2) is 71.5 Å². The number of aliphatic hydroxyl groups excluding tert-OH is 1. The number of hydrogen-bond acceptors (Lipinski definition) is 4. The van der Waals surface area contributed by atoms with Gasteiger partial charge in [0.2, 0.25) is 0 Å².